The van der Waals surface area contributed by atoms with Crippen molar-refractivity contribution >= 4 is 11.8 Å². The van der Waals surface area contributed by atoms with Gasteiger partial charge >= 0.3 is 5.97 Å². The molecule has 7 nitrogen and oxygen atoms in total. The molecule has 1 saturated heterocycles. The molecule has 1 aliphatic heterocycles. The summed E-state index contributed by atoms with van der Waals surface area (Å²) >= 11 is 0. The number of rotatable bonds is 3. The number of ketones is 1. The molecule has 248 valence electrons. The van der Waals surface area contributed by atoms with Crippen LogP contribution in [-0.4, -0.2) is 62.7 Å². The van der Waals surface area contributed by atoms with E-state index in [1.165, 1.54) is 5.57 Å². The third kappa shape index (κ3) is 4.20. The van der Waals surface area contributed by atoms with Crippen molar-refractivity contribution in [1.82, 2.24) is 0 Å². The molecule has 0 aromatic carbocycles. The van der Waals surface area contributed by atoms with Crippen LogP contribution in [0.15, 0.2) is 11.6 Å². The minimum Gasteiger partial charge on any atom is -0.481 e. The van der Waals surface area contributed by atoms with Crippen LogP contribution in [0.1, 0.15) is 120 Å². The Morgan fingerprint density at radius 1 is 0.818 bits per heavy atom. The minimum atomic E-state index is -1.44. The lowest BCUT2D eigenvalue weighted by molar-refractivity contribution is -0.225. The number of carbonyl (C=O) groups is 2. The van der Waals surface area contributed by atoms with Gasteiger partial charge in [-0.05, 0) is 116 Å². The first kappa shape index (κ1) is 32.7. The zero-order chi connectivity index (χ0) is 32.4. The second-order valence-corrected chi connectivity index (χ2v) is 18.2. The topological polar surface area (TPSA) is 124 Å². The second kappa shape index (κ2) is 10.1. The Kier molecular flexibility index (Phi) is 7.50. The summed E-state index contributed by atoms with van der Waals surface area (Å²) in [5.41, 5.74) is 0.605. The Balaban J connectivity index is 1.32. The van der Waals surface area contributed by atoms with Crippen molar-refractivity contribution < 1.29 is 34.8 Å². The van der Waals surface area contributed by atoms with Crippen LogP contribution in [0.3, 0.4) is 0 Å². The van der Waals surface area contributed by atoms with Crippen LogP contribution in [0.5, 0.6) is 0 Å². The maximum Gasteiger partial charge on any atom is 0.310 e. The maximum absolute atomic E-state index is 14.1. The molecule has 5 unspecified atom stereocenters. The summed E-state index contributed by atoms with van der Waals surface area (Å²) in [4.78, 5) is 27.0. The molecule has 1 heterocycles. The van der Waals surface area contributed by atoms with Gasteiger partial charge in [0, 0.05) is 5.92 Å². The van der Waals surface area contributed by atoms with Crippen molar-refractivity contribution in [2.75, 3.05) is 0 Å². The van der Waals surface area contributed by atoms with E-state index >= 15 is 0 Å². The van der Waals surface area contributed by atoms with Crippen LogP contribution < -0.4 is 0 Å². The lowest BCUT2D eigenvalue weighted by Crippen LogP contribution is -2.66. The van der Waals surface area contributed by atoms with Crippen molar-refractivity contribution in [2.24, 2.45) is 56.2 Å². The molecule has 6 aliphatic rings. The average molecular weight is 615 g/mol. The Morgan fingerprint density at radius 2 is 1.48 bits per heavy atom. The molecule has 4 saturated carbocycles. The number of hydrogen-bond acceptors (Lipinski definition) is 6. The number of aliphatic hydroxyl groups is 3. The largest absolute Gasteiger partial charge is 0.481 e. The zero-order valence-electron chi connectivity index (χ0n) is 28.4. The summed E-state index contributed by atoms with van der Waals surface area (Å²) in [6.45, 7) is 18.2. The average Bonchev–Trinajstić information content (AvgIpc) is 2.93. The van der Waals surface area contributed by atoms with Crippen molar-refractivity contribution in [3.63, 3.8) is 0 Å². The Labute approximate surface area is 264 Å². The quantitative estimate of drug-likeness (QED) is 0.291. The van der Waals surface area contributed by atoms with Crippen molar-refractivity contribution in [3.8, 4) is 0 Å². The summed E-state index contributed by atoms with van der Waals surface area (Å²) < 4.78 is 5.85. The second-order valence-electron chi connectivity index (χ2n) is 18.2. The molecule has 0 aromatic rings. The molecule has 5 fully saturated rings. The van der Waals surface area contributed by atoms with Crippen molar-refractivity contribution in [1.29, 1.82) is 0 Å². The normalized spacial score (nSPS) is 52.8. The van der Waals surface area contributed by atoms with E-state index in [0.717, 1.165) is 57.8 Å². The third-order valence-electron chi connectivity index (χ3n) is 15.6. The highest BCUT2D eigenvalue weighted by atomic mass is 16.5. The van der Waals surface area contributed by atoms with Gasteiger partial charge in [-0.15, -0.1) is 0 Å². The van der Waals surface area contributed by atoms with Crippen molar-refractivity contribution in [2.45, 2.75) is 150 Å². The van der Waals surface area contributed by atoms with Crippen LogP contribution in [0.4, 0.5) is 0 Å². The highest BCUT2D eigenvalue weighted by Crippen LogP contribution is 2.76. The van der Waals surface area contributed by atoms with Crippen LogP contribution in [-0.2, 0) is 14.3 Å². The Morgan fingerprint density at radius 3 is 2.14 bits per heavy atom. The molecule has 5 aliphatic carbocycles. The highest BCUT2D eigenvalue weighted by Gasteiger charge is 2.70. The molecule has 7 heteroatoms. The van der Waals surface area contributed by atoms with E-state index in [2.05, 4.69) is 54.5 Å². The molecule has 0 aromatic heterocycles. The molecule has 44 heavy (non-hydrogen) atoms. The summed E-state index contributed by atoms with van der Waals surface area (Å²) in [6, 6.07) is 0. The Bertz CT molecular complexity index is 1240. The number of carboxylic acid groups (broad SMARTS) is 1. The number of aliphatic hydroxyl groups excluding tert-OH is 3. The fourth-order valence-corrected chi connectivity index (χ4v) is 12.6. The van der Waals surface area contributed by atoms with Gasteiger partial charge in [-0.1, -0.05) is 60.1 Å². The van der Waals surface area contributed by atoms with Gasteiger partial charge in [-0.3, -0.25) is 9.59 Å². The van der Waals surface area contributed by atoms with Gasteiger partial charge in [0.1, 0.15) is 24.4 Å². The summed E-state index contributed by atoms with van der Waals surface area (Å²) in [7, 11) is 0. The predicted octanol–water partition coefficient (Wildman–Crippen LogP) is 5.93. The standard InChI is InChI=1S/C37H58O7/c1-20-26(38)28(40)29(41)30(44-20)27(39)22-11-13-34(6)24(33(22,4)5)12-14-36(8)25(34)10-9-21-23-19-32(2,3)15-17-37(23,31(42)43)18-16-35(21,36)7/h9,20,22-26,28-30,38,40-41H,10-19H2,1-8H3,(H,42,43)/t20?,22-,23?,24?,25?,26+,28?,29+,30+,34+,35-,36-,37+/m1/s1. The van der Waals surface area contributed by atoms with Crippen LogP contribution >= 0.6 is 0 Å². The molecule has 4 N–H and O–H groups in total. The smallest absolute Gasteiger partial charge is 0.310 e. The molecular weight excluding hydrogens is 556 g/mol. The third-order valence-corrected chi connectivity index (χ3v) is 15.6. The van der Waals surface area contributed by atoms with Crippen molar-refractivity contribution in [3.05, 3.63) is 11.6 Å². The predicted molar refractivity (Wildman–Crippen MR) is 168 cm³/mol. The van der Waals surface area contributed by atoms with Crippen LogP contribution in [0.25, 0.3) is 0 Å². The number of ether oxygens (including phenoxy) is 1. The number of Topliss-reactive ketones (excluding diaryl/α,β-unsaturated/α-hetero) is 1. The summed E-state index contributed by atoms with van der Waals surface area (Å²) in [5, 5.41) is 42.1. The molecule has 6 rings (SSSR count). The molecule has 0 bridgehead atoms. The van der Waals surface area contributed by atoms with Gasteiger partial charge in [0.2, 0.25) is 0 Å². The zero-order valence-corrected chi connectivity index (χ0v) is 28.4. The van der Waals surface area contributed by atoms with E-state index < -0.39 is 41.9 Å². The van der Waals surface area contributed by atoms with Crippen LogP contribution in [0.2, 0.25) is 0 Å². The molecule has 0 spiro atoms. The highest BCUT2D eigenvalue weighted by molar-refractivity contribution is 5.87. The van der Waals surface area contributed by atoms with E-state index in [-0.39, 0.29) is 44.7 Å². The Hall–Kier alpha value is -1.28. The minimum absolute atomic E-state index is 0.0144. The first-order valence-corrected chi connectivity index (χ1v) is 17.4. The number of allylic oxidation sites excluding steroid dienone is 2. The fraction of sp³-hybridized carbons (Fsp3) is 0.892. The number of carbonyl (C=O) groups excluding carboxylic acids is 1. The van der Waals surface area contributed by atoms with Gasteiger partial charge in [0.25, 0.3) is 0 Å². The van der Waals surface area contributed by atoms with E-state index in [1.807, 2.05) is 0 Å². The monoisotopic (exact) mass is 614 g/mol. The lowest BCUT2D eigenvalue weighted by Gasteiger charge is -2.71. The first-order valence-electron chi connectivity index (χ1n) is 17.4. The number of carboxylic acids is 1. The van der Waals surface area contributed by atoms with Gasteiger partial charge in [0.15, 0.2) is 5.78 Å². The molecule has 0 radical (unpaired) electrons. The van der Waals surface area contributed by atoms with E-state index in [4.69, 9.17) is 4.74 Å². The SMILES string of the molecule is CC1O[C@@H](C(=O)[C@H]2CC[C@@]3(C)C(CC[C@]4(C)C3CC=C3C5CC(C)(C)CC[C@]5(C(=O)O)CC[C@]34C)C2(C)C)[C@@H](O)C(O)[C@H]1O. The number of hydrogen-bond donors (Lipinski definition) is 4. The molecular formula is C37H58O7. The molecule has 0 amide bonds. The number of fused-ring (bicyclic) bond motifs is 7. The summed E-state index contributed by atoms with van der Waals surface area (Å²) in [6.07, 6.45) is 5.54. The number of aliphatic carboxylic acids is 1. The van der Waals surface area contributed by atoms with Gasteiger partial charge in [-0.25, -0.2) is 0 Å². The van der Waals surface area contributed by atoms with Gasteiger partial charge in [-0.2, -0.15) is 0 Å². The lowest BCUT2D eigenvalue weighted by atomic mass is 9.33. The van der Waals surface area contributed by atoms with Gasteiger partial charge in [0.05, 0.1) is 11.5 Å². The molecule has 13 atom stereocenters. The summed E-state index contributed by atoms with van der Waals surface area (Å²) in [5.74, 6) is -0.227. The fourth-order valence-electron chi connectivity index (χ4n) is 12.6. The van der Waals surface area contributed by atoms with Crippen LogP contribution in [0, 0.1) is 56.2 Å². The van der Waals surface area contributed by atoms with E-state index in [1.54, 1.807) is 6.92 Å². The van der Waals surface area contributed by atoms with E-state index in [0.29, 0.717) is 18.3 Å². The van der Waals surface area contributed by atoms with E-state index in [9.17, 15) is 30.0 Å². The van der Waals surface area contributed by atoms with Gasteiger partial charge < -0.3 is 25.2 Å². The first-order chi connectivity index (χ1) is 20.3. The maximum atomic E-state index is 14.1.